The number of nitriles is 1. The van der Waals surface area contributed by atoms with Crippen molar-refractivity contribution in [1.29, 1.82) is 5.26 Å². The van der Waals surface area contributed by atoms with Crippen LogP contribution in [-0.4, -0.2) is 16.1 Å². The molecule has 6 heteroatoms. The number of nitrogens with zero attached hydrogens (tertiary/aromatic N) is 2. The number of hydrogen-bond donors (Lipinski definition) is 1. The van der Waals surface area contributed by atoms with Crippen LogP contribution in [-0.2, 0) is 0 Å². The summed E-state index contributed by atoms with van der Waals surface area (Å²) in [5.41, 5.74) is 0.283. The van der Waals surface area contributed by atoms with Gasteiger partial charge in [0.05, 0.1) is 17.3 Å². The zero-order valence-corrected chi connectivity index (χ0v) is 8.35. The summed E-state index contributed by atoms with van der Waals surface area (Å²) >= 11 is 0. The number of carbonyl (C=O) groups is 1. The first-order valence-corrected chi connectivity index (χ1v) is 4.51. The largest absolute Gasteiger partial charge is 0.475 e. The van der Waals surface area contributed by atoms with Crippen LogP contribution in [0.15, 0.2) is 28.8 Å². The van der Waals surface area contributed by atoms with Crippen LogP contribution < -0.4 is 0 Å². The van der Waals surface area contributed by atoms with Gasteiger partial charge < -0.3 is 9.52 Å². The standard InChI is InChI=1S/C11H5FN2O3/c12-7-1-2-8(6(3-7)4-13)10-14-5-9(17-10)11(15)16/h1-3,5H,(H,15,16). The molecule has 0 spiro atoms. The highest BCUT2D eigenvalue weighted by atomic mass is 19.1. The van der Waals surface area contributed by atoms with Gasteiger partial charge in [0.25, 0.3) is 0 Å². The number of aromatic nitrogens is 1. The second-order valence-electron chi connectivity index (χ2n) is 3.14. The van der Waals surface area contributed by atoms with Gasteiger partial charge in [0, 0.05) is 0 Å². The van der Waals surface area contributed by atoms with Crippen molar-refractivity contribution in [2.24, 2.45) is 0 Å². The van der Waals surface area contributed by atoms with E-state index in [1.165, 1.54) is 6.07 Å². The summed E-state index contributed by atoms with van der Waals surface area (Å²) in [6, 6.07) is 5.26. The number of oxazole rings is 1. The number of carboxylic acids is 1. The van der Waals surface area contributed by atoms with E-state index in [1.807, 2.05) is 0 Å². The van der Waals surface area contributed by atoms with Crippen molar-refractivity contribution in [2.75, 3.05) is 0 Å². The van der Waals surface area contributed by atoms with Crippen LogP contribution in [0.4, 0.5) is 4.39 Å². The van der Waals surface area contributed by atoms with E-state index >= 15 is 0 Å². The van der Waals surface area contributed by atoms with Gasteiger partial charge in [-0.25, -0.2) is 14.2 Å². The van der Waals surface area contributed by atoms with Crippen molar-refractivity contribution in [3.8, 4) is 17.5 Å². The van der Waals surface area contributed by atoms with E-state index in [0.717, 1.165) is 18.3 Å². The Labute approximate surface area is 94.7 Å². The van der Waals surface area contributed by atoms with Crippen LogP contribution in [0.3, 0.4) is 0 Å². The highest BCUT2D eigenvalue weighted by Gasteiger charge is 2.15. The lowest BCUT2D eigenvalue weighted by Crippen LogP contribution is -1.91. The monoisotopic (exact) mass is 232 g/mol. The first-order valence-electron chi connectivity index (χ1n) is 4.51. The number of halogens is 1. The lowest BCUT2D eigenvalue weighted by molar-refractivity contribution is 0.0663. The molecule has 0 saturated heterocycles. The van der Waals surface area contributed by atoms with Crippen LogP contribution in [0, 0.1) is 17.1 Å². The minimum atomic E-state index is -1.26. The Hall–Kier alpha value is -2.68. The zero-order valence-electron chi connectivity index (χ0n) is 8.35. The van der Waals surface area contributed by atoms with Gasteiger partial charge >= 0.3 is 5.97 Å². The van der Waals surface area contributed by atoms with Crippen molar-refractivity contribution in [1.82, 2.24) is 4.98 Å². The van der Waals surface area contributed by atoms with Crippen LogP contribution in [0.25, 0.3) is 11.5 Å². The van der Waals surface area contributed by atoms with Gasteiger partial charge in [-0.05, 0) is 18.2 Å². The van der Waals surface area contributed by atoms with Gasteiger partial charge in [0.1, 0.15) is 11.9 Å². The summed E-state index contributed by atoms with van der Waals surface area (Å²) in [4.78, 5) is 14.3. The molecule has 1 aromatic carbocycles. The molecule has 0 aliphatic heterocycles. The van der Waals surface area contributed by atoms with E-state index in [1.54, 1.807) is 6.07 Å². The molecule has 0 atom stereocenters. The minimum absolute atomic E-state index is 0.0287. The molecule has 1 N–H and O–H groups in total. The topological polar surface area (TPSA) is 87.1 Å². The molecule has 5 nitrogen and oxygen atoms in total. The number of benzene rings is 1. The van der Waals surface area contributed by atoms with Crippen molar-refractivity contribution in [2.45, 2.75) is 0 Å². The first kappa shape index (κ1) is 10.8. The zero-order chi connectivity index (χ0) is 12.4. The lowest BCUT2D eigenvalue weighted by Gasteiger charge is -1.98. The highest BCUT2D eigenvalue weighted by molar-refractivity contribution is 5.84. The second-order valence-corrected chi connectivity index (χ2v) is 3.14. The summed E-state index contributed by atoms with van der Waals surface area (Å²) in [5, 5.41) is 17.5. The van der Waals surface area contributed by atoms with Gasteiger partial charge in [-0.2, -0.15) is 5.26 Å². The molecule has 2 rings (SSSR count). The van der Waals surface area contributed by atoms with Gasteiger partial charge in [-0.3, -0.25) is 0 Å². The molecule has 0 aliphatic rings. The van der Waals surface area contributed by atoms with Crippen molar-refractivity contribution in [3.05, 3.63) is 41.5 Å². The van der Waals surface area contributed by atoms with Gasteiger partial charge in [0.15, 0.2) is 0 Å². The molecule has 1 heterocycles. The van der Waals surface area contributed by atoms with E-state index < -0.39 is 11.8 Å². The summed E-state index contributed by atoms with van der Waals surface area (Å²) in [5.74, 6) is -2.19. The molecule has 0 fully saturated rings. The average Bonchev–Trinajstić information content (AvgIpc) is 2.78. The number of aromatic carboxylic acids is 1. The fourth-order valence-corrected chi connectivity index (χ4v) is 1.29. The molecule has 0 saturated carbocycles. The van der Waals surface area contributed by atoms with Crippen LogP contribution in [0.2, 0.25) is 0 Å². The Balaban J connectivity index is 2.53. The van der Waals surface area contributed by atoms with E-state index in [0.29, 0.717) is 0 Å². The van der Waals surface area contributed by atoms with Crippen LogP contribution >= 0.6 is 0 Å². The van der Waals surface area contributed by atoms with E-state index in [4.69, 9.17) is 14.8 Å². The van der Waals surface area contributed by atoms with E-state index in [9.17, 15) is 9.18 Å². The Bertz CT molecular complexity index is 628. The summed E-state index contributed by atoms with van der Waals surface area (Å²) in [6.45, 7) is 0. The molecule has 0 bridgehead atoms. The predicted molar refractivity (Wildman–Crippen MR) is 53.6 cm³/mol. The Morgan fingerprint density at radius 3 is 2.88 bits per heavy atom. The fraction of sp³-hybridized carbons (Fsp3) is 0. The number of carboxylic acid groups (broad SMARTS) is 1. The quantitative estimate of drug-likeness (QED) is 0.856. The third-order valence-electron chi connectivity index (χ3n) is 2.05. The third-order valence-corrected chi connectivity index (χ3v) is 2.05. The molecular formula is C11H5FN2O3. The molecule has 17 heavy (non-hydrogen) atoms. The smallest absolute Gasteiger partial charge is 0.373 e. The Kier molecular flexibility index (Phi) is 2.58. The Morgan fingerprint density at radius 1 is 1.53 bits per heavy atom. The first-order chi connectivity index (χ1) is 8.11. The maximum absolute atomic E-state index is 12.9. The summed E-state index contributed by atoms with van der Waals surface area (Å²) < 4.78 is 17.8. The van der Waals surface area contributed by atoms with Gasteiger partial charge in [-0.1, -0.05) is 0 Å². The second kappa shape index (κ2) is 4.06. The van der Waals surface area contributed by atoms with Gasteiger partial charge in [-0.15, -0.1) is 0 Å². The molecule has 0 aliphatic carbocycles. The molecule has 0 amide bonds. The van der Waals surface area contributed by atoms with E-state index in [-0.39, 0.29) is 22.8 Å². The maximum Gasteiger partial charge on any atom is 0.373 e. The highest BCUT2D eigenvalue weighted by Crippen LogP contribution is 2.23. The third kappa shape index (κ3) is 1.99. The molecule has 0 unspecified atom stereocenters. The maximum atomic E-state index is 12.9. The predicted octanol–water partition coefficient (Wildman–Crippen LogP) is 2.05. The number of rotatable bonds is 2. The molecule has 2 aromatic rings. The lowest BCUT2D eigenvalue weighted by atomic mass is 10.1. The summed E-state index contributed by atoms with van der Waals surface area (Å²) in [6.07, 6.45) is 1.03. The normalized spacial score (nSPS) is 9.88. The molecular weight excluding hydrogens is 227 g/mol. The minimum Gasteiger partial charge on any atom is -0.475 e. The SMILES string of the molecule is N#Cc1cc(F)ccc1-c1ncc(C(=O)O)o1. The van der Waals surface area contributed by atoms with E-state index in [2.05, 4.69) is 4.98 Å². The number of hydrogen-bond acceptors (Lipinski definition) is 4. The summed E-state index contributed by atoms with van der Waals surface area (Å²) in [7, 11) is 0. The fourth-order valence-electron chi connectivity index (χ4n) is 1.29. The average molecular weight is 232 g/mol. The van der Waals surface area contributed by atoms with Gasteiger partial charge in [0.2, 0.25) is 11.7 Å². The van der Waals surface area contributed by atoms with Crippen LogP contribution in [0.1, 0.15) is 16.1 Å². The molecule has 1 aromatic heterocycles. The Morgan fingerprint density at radius 2 is 2.29 bits per heavy atom. The molecule has 0 radical (unpaired) electrons. The van der Waals surface area contributed by atoms with Crippen molar-refractivity contribution >= 4 is 5.97 Å². The van der Waals surface area contributed by atoms with Crippen molar-refractivity contribution < 1.29 is 18.7 Å². The van der Waals surface area contributed by atoms with Crippen LogP contribution in [0.5, 0.6) is 0 Å². The van der Waals surface area contributed by atoms with Crippen molar-refractivity contribution in [3.63, 3.8) is 0 Å². The molecule has 84 valence electrons.